The standard InChI is InChI=1S/C15H16N4/c1-2-13-7-11(8-17)3-4-14(13)15-18-9-12(5-6-16)10-19-15/h3-4,7,9-10H,2,5-6,16H2,1H3. The van der Waals surface area contributed by atoms with Gasteiger partial charge in [-0.3, -0.25) is 0 Å². The highest BCUT2D eigenvalue weighted by Crippen LogP contribution is 2.22. The quantitative estimate of drug-likeness (QED) is 0.903. The zero-order valence-corrected chi connectivity index (χ0v) is 10.9. The highest BCUT2D eigenvalue weighted by atomic mass is 14.9. The molecule has 0 aliphatic carbocycles. The molecule has 1 aromatic heterocycles. The van der Waals surface area contributed by atoms with E-state index in [1.54, 1.807) is 6.07 Å². The van der Waals surface area contributed by atoms with Crippen LogP contribution in [0.25, 0.3) is 11.4 Å². The van der Waals surface area contributed by atoms with Crippen LogP contribution in [0.3, 0.4) is 0 Å². The fourth-order valence-corrected chi connectivity index (χ4v) is 1.96. The molecular formula is C15H16N4. The Morgan fingerprint density at radius 1 is 1.26 bits per heavy atom. The van der Waals surface area contributed by atoms with E-state index in [2.05, 4.69) is 23.0 Å². The molecule has 0 bridgehead atoms. The van der Waals surface area contributed by atoms with Crippen molar-refractivity contribution in [3.05, 3.63) is 47.3 Å². The third-order valence-electron chi connectivity index (χ3n) is 2.99. The van der Waals surface area contributed by atoms with Crippen LogP contribution in [0, 0.1) is 11.3 Å². The van der Waals surface area contributed by atoms with Crippen LogP contribution in [0.15, 0.2) is 30.6 Å². The van der Waals surface area contributed by atoms with Gasteiger partial charge < -0.3 is 5.73 Å². The lowest BCUT2D eigenvalue weighted by atomic mass is 10.0. The monoisotopic (exact) mass is 252 g/mol. The summed E-state index contributed by atoms with van der Waals surface area (Å²) in [6, 6.07) is 7.76. The summed E-state index contributed by atoms with van der Waals surface area (Å²) < 4.78 is 0. The van der Waals surface area contributed by atoms with Gasteiger partial charge in [-0.1, -0.05) is 6.92 Å². The van der Waals surface area contributed by atoms with Crippen LogP contribution in [0.4, 0.5) is 0 Å². The molecule has 4 heteroatoms. The van der Waals surface area contributed by atoms with Crippen molar-refractivity contribution in [2.24, 2.45) is 5.73 Å². The number of hydrogen-bond donors (Lipinski definition) is 1. The zero-order valence-electron chi connectivity index (χ0n) is 10.9. The fraction of sp³-hybridized carbons (Fsp3) is 0.267. The van der Waals surface area contributed by atoms with E-state index in [1.165, 1.54) is 0 Å². The molecule has 0 saturated carbocycles. The number of rotatable bonds is 4. The van der Waals surface area contributed by atoms with Crippen molar-refractivity contribution in [1.82, 2.24) is 9.97 Å². The Balaban J connectivity index is 2.38. The predicted octanol–water partition coefficient (Wildman–Crippen LogP) is 2.08. The largest absolute Gasteiger partial charge is 0.330 e. The van der Waals surface area contributed by atoms with Crippen LogP contribution < -0.4 is 5.73 Å². The number of aromatic nitrogens is 2. The third kappa shape index (κ3) is 2.95. The molecule has 2 aromatic rings. The molecular weight excluding hydrogens is 236 g/mol. The lowest BCUT2D eigenvalue weighted by molar-refractivity contribution is 0.942. The van der Waals surface area contributed by atoms with Gasteiger partial charge in [0.2, 0.25) is 0 Å². The van der Waals surface area contributed by atoms with E-state index in [4.69, 9.17) is 11.0 Å². The third-order valence-corrected chi connectivity index (χ3v) is 2.99. The minimum atomic E-state index is 0.597. The number of nitrogens with two attached hydrogens (primary N) is 1. The number of hydrogen-bond acceptors (Lipinski definition) is 4. The van der Waals surface area contributed by atoms with Crippen LogP contribution >= 0.6 is 0 Å². The highest BCUT2D eigenvalue weighted by molar-refractivity contribution is 5.61. The molecule has 0 atom stereocenters. The Hall–Kier alpha value is -2.25. The Labute approximate surface area is 112 Å². The second-order valence-electron chi connectivity index (χ2n) is 4.29. The van der Waals surface area contributed by atoms with Crippen molar-refractivity contribution >= 4 is 0 Å². The Morgan fingerprint density at radius 3 is 2.58 bits per heavy atom. The first-order chi connectivity index (χ1) is 9.28. The minimum absolute atomic E-state index is 0.597. The van der Waals surface area contributed by atoms with Gasteiger partial charge in [0, 0.05) is 18.0 Å². The van der Waals surface area contributed by atoms with E-state index in [9.17, 15) is 0 Å². The van der Waals surface area contributed by atoms with Gasteiger partial charge in [0.05, 0.1) is 11.6 Å². The predicted molar refractivity (Wildman–Crippen MR) is 74.3 cm³/mol. The lowest BCUT2D eigenvalue weighted by Gasteiger charge is -2.07. The molecule has 96 valence electrons. The van der Waals surface area contributed by atoms with E-state index in [0.717, 1.165) is 29.5 Å². The summed E-state index contributed by atoms with van der Waals surface area (Å²) in [5.41, 5.74) is 9.28. The first kappa shape index (κ1) is 13.2. The van der Waals surface area contributed by atoms with Gasteiger partial charge in [-0.15, -0.1) is 0 Å². The van der Waals surface area contributed by atoms with Crippen LogP contribution in [0.5, 0.6) is 0 Å². The molecule has 0 amide bonds. The molecule has 0 radical (unpaired) electrons. The number of nitriles is 1. The smallest absolute Gasteiger partial charge is 0.159 e. The van der Waals surface area contributed by atoms with E-state index in [1.807, 2.05) is 24.5 Å². The van der Waals surface area contributed by atoms with Crippen LogP contribution in [0.1, 0.15) is 23.6 Å². The SMILES string of the molecule is CCc1cc(C#N)ccc1-c1ncc(CCN)cn1. The number of aryl methyl sites for hydroxylation is 1. The summed E-state index contributed by atoms with van der Waals surface area (Å²) >= 11 is 0. The van der Waals surface area contributed by atoms with Crippen molar-refractivity contribution in [2.75, 3.05) is 6.54 Å². The molecule has 19 heavy (non-hydrogen) atoms. The Morgan fingerprint density at radius 2 is 2.00 bits per heavy atom. The van der Waals surface area contributed by atoms with Gasteiger partial charge in [0.25, 0.3) is 0 Å². The van der Waals surface area contributed by atoms with Gasteiger partial charge in [-0.25, -0.2) is 9.97 Å². The lowest BCUT2D eigenvalue weighted by Crippen LogP contribution is -2.04. The summed E-state index contributed by atoms with van der Waals surface area (Å²) in [4.78, 5) is 8.76. The maximum atomic E-state index is 8.92. The number of nitrogens with zero attached hydrogens (tertiary/aromatic N) is 3. The Kier molecular flexibility index (Phi) is 4.22. The van der Waals surface area contributed by atoms with Crippen molar-refractivity contribution in [3.8, 4) is 17.5 Å². The van der Waals surface area contributed by atoms with Crippen molar-refractivity contribution in [2.45, 2.75) is 19.8 Å². The van der Waals surface area contributed by atoms with Gasteiger partial charge in [0.1, 0.15) is 0 Å². The molecule has 4 nitrogen and oxygen atoms in total. The summed E-state index contributed by atoms with van der Waals surface area (Å²) in [7, 11) is 0. The number of benzene rings is 1. The molecule has 1 aromatic carbocycles. The molecule has 2 N–H and O–H groups in total. The summed E-state index contributed by atoms with van der Waals surface area (Å²) in [6.07, 6.45) is 5.26. The molecule has 2 rings (SSSR count). The van der Waals surface area contributed by atoms with E-state index < -0.39 is 0 Å². The molecule has 1 heterocycles. The molecule has 0 aliphatic heterocycles. The maximum absolute atomic E-state index is 8.92. The first-order valence-corrected chi connectivity index (χ1v) is 6.33. The fourth-order valence-electron chi connectivity index (χ4n) is 1.96. The topological polar surface area (TPSA) is 75.6 Å². The first-order valence-electron chi connectivity index (χ1n) is 6.33. The van der Waals surface area contributed by atoms with Crippen LogP contribution in [-0.4, -0.2) is 16.5 Å². The molecule has 0 spiro atoms. The molecule has 0 saturated heterocycles. The van der Waals surface area contributed by atoms with Gasteiger partial charge in [0.15, 0.2) is 5.82 Å². The zero-order chi connectivity index (χ0) is 13.7. The average Bonchev–Trinajstić information content (AvgIpc) is 2.48. The van der Waals surface area contributed by atoms with E-state index in [-0.39, 0.29) is 0 Å². The summed E-state index contributed by atoms with van der Waals surface area (Å²) in [5.74, 6) is 0.696. The maximum Gasteiger partial charge on any atom is 0.159 e. The Bertz CT molecular complexity index is 597. The van der Waals surface area contributed by atoms with Crippen LogP contribution in [0.2, 0.25) is 0 Å². The van der Waals surface area contributed by atoms with E-state index >= 15 is 0 Å². The minimum Gasteiger partial charge on any atom is -0.330 e. The summed E-state index contributed by atoms with van der Waals surface area (Å²) in [6.45, 7) is 2.66. The second kappa shape index (κ2) is 6.07. The van der Waals surface area contributed by atoms with Crippen molar-refractivity contribution in [1.29, 1.82) is 5.26 Å². The van der Waals surface area contributed by atoms with E-state index in [0.29, 0.717) is 17.9 Å². The van der Waals surface area contributed by atoms with Gasteiger partial charge in [-0.05, 0) is 48.7 Å². The summed E-state index contributed by atoms with van der Waals surface area (Å²) in [5, 5.41) is 8.92. The molecule has 0 fully saturated rings. The van der Waals surface area contributed by atoms with Crippen molar-refractivity contribution in [3.63, 3.8) is 0 Å². The molecule has 0 unspecified atom stereocenters. The average molecular weight is 252 g/mol. The van der Waals surface area contributed by atoms with Gasteiger partial charge >= 0.3 is 0 Å². The highest BCUT2D eigenvalue weighted by Gasteiger charge is 2.07. The van der Waals surface area contributed by atoms with Gasteiger partial charge in [-0.2, -0.15) is 5.26 Å². The second-order valence-corrected chi connectivity index (χ2v) is 4.29. The normalized spacial score (nSPS) is 10.2. The van der Waals surface area contributed by atoms with Crippen LogP contribution in [-0.2, 0) is 12.8 Å². The molecule has 0 aliphatic rings. The van der Waals surface area contributed by atoms with Crippen molar-refractivity contribution < 1.29 is 0 Å².